The first kappa shape index (κ1) is 16.7. The van der Waals surface area contributed by atoms with Crippen molar-refractivity contribution in [3.63, 3.8) is 0 Å². The van der Waals surface area contributed by atoms with Gasteiger partial charge in [-0.1, -0.05) is 12.1 Å². The summed E-state index contributed by atoms with van der Waals surface area (Å²) in [5, 5.41) is 0. The maximum atomic E-state index is 13.7. The maximum Gasteiger partial charge on any atom is 0.264 e. The van der Waals surface area contributed by atoms with Crippen molar-refractivity contribution in [2.45, 2.75) is 17.4 Å². The molecule has 1 atom stereocenters. The van der Waals surface area contributed by atoms with Gasteiger partial charge < -0.3 is 9.64 Å². The fraction of sp³-hybridized carbons (Fsp3) is 0.294. The lowest BCUT2D eigenvalue weighted by Gasteiger charge is -2.19. The number of hydrogen-bond donors (Lipinski definition) is 1. The molecule has 24 heavy (non-hydrogen) atoms. The molecule has 0 saturated carbocycles. The summed E-state index contributed by atoms with van der Waals surface area (Å²) in [4.78, 5) is 1.82. The fourth-order valence-corrected chi connectivity index (χ4v) is 3.91. The summed E-state index contributed by atoms with van der Waals surface area (Å²) in [6.45, 7) is 1.72. The van der Waals surface area contributed by atoms with Gasteiger partial charge in [-0.2, -0.15) is 0 Å². The fourth-order valence-electron chi connectivity index (χ4n) is 2.77. The van der Waals surface area contributed by atoms with E-state index < -0.39 is 15.8 Å². The maximum absolute atomic E-state index is 13.7. The molecule has 1 N–H and O–H groups in total. The Hall–Kier alpha value is -2.12. The highest BCUT2D eigenvalue weighted by atomic mass is 32.2. The number of methoxy groups -OCH3 is 1. The smallest absolute Gasteiger partial charge is 0.264 e. The molecule has 2 aromatic rings. The number of sulfonamides is 1. The predicted octanol–water partition coefficient (Wildman–Crippen LogP) is 2.85. The van der Waals surface area contributed by atoms with Gasteiger partial charge in [0, 0.05) is 31.6 Å². The van der Waals surface area contributed by atoms with E-state index in [4.69, 9.17) is 4.74 Å². The van der Waals surface area contributed by atoms with Crippen LogP contribution in [0.3, 0.4) is 0 Å². The van der Waals surface area contributed by atoms with Crippen LogP contribution in [0, 0.1) is 5.82 Å². The lowest BCUT2D eigenvalue weighted by molar-refractivity contribution is 0.121. The van der Waals surface area contributed by atoms with Crippen LogP contribution in [0.1, 0.15) is 6.42 Å². The van der Waals surface area contributed by atoms with Crippen molar-refractivity contribution in [2.75, 3.05) is 29.8 Å². The van der Waals surface area contributed by atoms with Gasteiger partial charge in [-0.25, -0.2) is 12.8 Å². The summed E-state index contributed by atoms with van der Waals surface area (Å²) >= 11 is 0. The third-order valence-corrected chi connectivity index (χ3v) is 5.50. The second kappa shape index (κ2) is 6.78. The number of nitrogens with zero attached hydrogens (tertiary/aromatic N) is 1. The second-order valence-corrected chi connectivity index (χ2v) is 7.33. The molecule has 0 aliphatic carbocycles. The van der Waals surface area contributed by atoms with Gasteiger partial charge >= 0.3 is 0 Å². The lowest BCUT2D eigenvalue weighted by atomic mass is 10.2. The largest absolute Gasteiger partial charge is 0.380 e. The lowest BCUT2D eigenvalue weighted by Crippen LogP contribution is -2.22. The molecule has 3 rings (SSSR count). The molecule has 1 aliphatic rings. The highest BCUT2D eigenvalue weighted by molar-refractivity contribution is 7.92. The van der Waals surface area contributed by atoms with E-state index in [9.17, 15) is 12.8 Å². The monoisotopic (exact) mass is 350 g/mol. The van der Waals surface area contributed by atoms with Crippen molar-refractivity contribution in [3.8, 4) is 0 Å². The average molecular weight is 350 g/mol. The van der Waals surface area contributed by atoms with E-state index in [0.717, 1.165) is 31.3 Å². The molecule has 2 aromatic carbocycles. The Labute approximate surface area is 141 Å². The zero-order chi connectivity index (χ0) is 17.2. The van der Waals surface area contributed by atoms with Crippen molar-refractivity contribution in [1.29, 1.82) is 0 Å². The molecule has 0 aromatic heterocycles. The Morgan fingerprint density at radius 3 is 2.50 bits per heavy atom. The van der Waals surface area contributed by atoms with Crippen LogP contribution in [0.2, 0.25) is 0 Å². The third-order valence-electron chi connectivity index (χ3n) is 4.09. The topological polar surface area (TPSA) is 58.6 Å². The summed E-state index contributed by atoms with van der Waals surface area (Å²) in [5.41, 5.74) is 1.40. The zero-order valence-corrected chi connectivity index (χ0v) is 14.1. The molecular formula is C17H19FN2O3S. The number of nitrogens with one attached hydrogen (secondary N) is 1. The second-order valence-electron chi connectivity index (χ2n) is 5.68. The molecule has 5 nitrogen and oxygen atoms in total. The summed E-state index contributed by atoms with van der Waals surface area (Å²) in [7, 11) is -2.24. The summed E-state index contributed by atoms with van der Waals surface area (Å²) < 4.78 is 46.0. The number of benzene rings is 2. The van der Waals surface area contributed by atoms with Gasteiger partial charge in [-0.3, -0.25) is 4.72 Å². The molecule has 0 radical (unpaired) electrons. The van der Waals surface area contributed by atoms with Gasteiger partial charge in [-0.05, 0) is 42.8 Å². The first-order valence-corrected chi connectivity index (χ1v) is 9.13. The van der Waals surface area contributed by atoms with Crippen LogP contribution in [-0.4, -0.2) is 34.7 Å². The summed E-state index contributed by atoms with van der Waals surface area (Å²) in [6.07, 6.45) is 1.20. The minimum Gasteiger partial charge on any atom is -0.380 e. The Morgan fingerprint density at radius 1 is 1.17 bits per heavy atom. The van der Waals surface area contributed by atoms with E-state index in [1.165, 1.54) is 18.2 Å². The van der Waals surface area contributed by atoms with Gasteiger partial charge in [0.1, 0.15) is 10.7 Å². The molecule has 1 heterocycles. The average Bonchev–Trinajstić information content (AvgIpc) is 3.04. The van der Waals surface area contributed by atoms with E-state index in [2.05, 4.69) is 9.62 Å². The molecule has 1 unspecified atom stereocenters. The summed E-state index contributed by atoms with van der Waals surface area (Å²) in [6, 6.07) is 12.3. The minimum atomic E-state index is -3.95. The number of hydrogen-bond acceptors (Lipinski definition) is 4. The highest BCUT2D eigenvalue weighted by Crippen LogP contribution is 2.25. The van der Waals surface area contributed by atoms with E-state index >= 15 is 0 Å². The van der Waals surface area contributed by atoms with Crippen LogP contribution in [0.4, 0.5) is 15.8 Å². The van der Waals surface area contributed by atoms with Gasteiger partial charge in [0.2, 0.25) is 0 Å². The molecule has 1 aliphatic heterocycles. The molecule has 0 spiro atoms. The number of ether oxygens (including phenoxy) is 1. The normalized spacial score (nSPS) is 17.9. The van der Waals surface area contributed by atoms with Gasteiger partial charge in [0.25, 0.3) is 10.0 Å². The van der Waals surface area contributed by atoms with Gasteiger partial charge in [0.05, 0.1) is 6.10 Å². The highest BCUT2D eigenvalue weighted by Gasteiger charge is 2.22. The van der Waals surface area contributed by atoms with Crippen molar-refractivity contribution < 1.29 is 17.5 Å². The van der Waals surface area contributed by atoms with Crippen LogP contribution in [0.15, 0.2) is 53.4 Å². The Balaban J connectivity index is 1.74. The van der Waals surface area contributed by atoms with Crippen molar-refractivity contribution in [2.24, 2.45) is 0 Å². The van der Waals surface area contributed by atoms with Crippen LogP contribution < -0.4 is 9.62 Å². The van der Waals surface area contributed by atoms with Crippen LogP contribution in [0.5, 0.6) is 0 Å². The molecule has 0 amide bonds. The molecule has 128 valence electrons. The van der Waals surface area contributed by atoms with Crippen LogP contribution >= 0.6 is 0 Å². The first-order chi connectivity index (χ1) is 11.5. The molecule has 7 heteroatoms. The Bertz CT molecular complexity index is 809. The van der Waals surface area contributed by atoms with Crippen molar-refractivity contribution >= 4 is 21.4 Å². The molecular weight excluding hydrogens is 331 g/mol. The molecule has 0 bridgehead atoms. The zero-order valence-electron chi connectivity index (χ0n) is 13.3. The van der Waals surface area contributed by atoms with E-state index in [1.54, 1.807) is 19.2 Å². The molecule has 1 fully saturated rings. The third kappa shape index (κ3) is 3.52. The standard InChI is InChI=1S/C17H19FN2O3S/c1-23-15-10-11-20(12-15)14-8-6-13(7-9-14)19-24(21,22)17-5-3-2-4-16(17)18/h2-9,15,19H,10-12H2,1H3. The predicted molar refractivity (Wildman–Crippen MR) is 91.3 cm³/mol. The van der Waals surface area contributed by atoms with E-state index in [1.807, 2.05) is 12.1 Å². The van der Waals surface area contributed by atoms with Crippen molar-refractivity contribution in [1.82, 2.24) is 0 Å². The molecule has 1 saturated heterocycles. The van der Waals surface area contributed by atoms with Crippen LogP contribution in [0.25, 0.3) is 0 Å². The van der Waals surface area contributed by atoms with Crippen LogP contribution in [-0.2, 0) is 14.8 Å². The number of anilines is 2. The Morgan fingerprint density at radius 2 is 1.88 bits per heavy atom. The van der Waals surface area contributed by atoms with Gasteiger partial charge in [-0.15, -0.1) is 0 Å². The number of rotatable bonds is 5. The number of halogens is 1. The quantitative estimate of drug-likeness (QED) is 0.901. The first-order valence-electron chi connectivity index (χ1n) is 7.65. The van der Waals surface area contributed by atoms with E-state index in [-0.39, 0.29) is 11.0 Å². The van der Waals surface area contributed by atoms with E-state index in [0.29, 0.717) is 5.69 Å². The van der Waals surface area contributed by atoms with Crippen molar-refractivity contribution in [3.05, 3.63) is 54.3 Å². The SMILES string of the molecule is COC1CCN(c2ccc(NS(=O)(=O)c3ccccc3F)cc2)C1. The Kier molecular flexibility index (Phi) is 4.73. The summed E-state index contributed by atoms with van der Waals surface area (Å²) in [5.74, 6) is -0.774. The minimum absolute atomic E-state index is 0.226. The van der Waals surface area contributed by atoms with Gasteiger partial charge in [0.15, 0.2) is 0 Å².